The highest BCUT2D eigenvalue weighted by Gasteiger charge is 2.37. The standard InChI is InChI=1S/C15H22N2O4S.ClH/c1-11(16)13-8-5-6-10-17(13)22(19,20)14-9-4-3-7-12(14)15(18)21-2;/h3-4,7,9,11,13H,5-6,8,10,16H2,1-2H3;1H. The van der Waals surface area contributed by atoms with Gasteiger partial charge < -0.3 is 10.5 Å². The lowest BCUT2D eigenvalue weighted by atomic mass is 10.00. The van der Waals surface area contributed by atoms with Crippen LogP contribution in [0.3, 0.4) is 0 Å². The first-order valence-electron chi connectivity index (χ1n) is 7.34. The third kappa shape index (κ3) is 4.03. The summed E-state index contributed by atoms with van der Waals surface area (Å²) in [5.41, 5.74) is 6.01. The van der Waals surface area contributed by atoms with Crippen LogP contribution >= 0.6 is 12.4 Å². The average Bonchev–Trinajstić information content (AvgIpc) is 2.54. The smallest absolute Gasteiger partial charge is 0.339 e. The van der Waals surface area contributed by atoms with Gasteiger partial charge in [-0.1, -0.05) is 18.6 Å². The van der Waals surface area contributed by atoms with E-state index in [9.17, 15) is 13.2 Å². The molecule has 1 aromatic carbocycles. The number of ether oxygens (including phenoxy) is 1. The van der Waals surface area contributed by atoms with Crippen LogP contribution in [0.5, 0.6) is 0 Å². The summed E-state index contributed by atoms with van der Waals surface area (Å²) < 4.78 is 32.1. The van der Waals surface area contributed by atoms with Gasteiger partial charge in [-0.2, -0.15) is 4.31 Å². The van der Waals surface area contributed by atoms with Crippen LogP contribution in [0.25, 0.3) is 0 Å². The van der Waals surface area contributed by atoms with E-state index in [0.717, 1.165) is 19.3 Å². The highest BCUT2D eigenvalue weighted by molar-refractivity contribution is 7.89. The van der Waals surface area contributed by atoms with Crippen molar-refractivity contribution in [1.29, 1.82) is 0 Å². The number of hydrogen-bond donors (Lipinski definition) is 1. The fraction of sp³-hybridized carbons (Fsp3) is 0.533. The van der Waals surface area contributed by atoms with E-state index in [-0.39, 0.29) is 34.9 Å². The van der Waals surface area contributed by atoms with Gasteiger partial charge in [-0.25, -0.2) is 13.2 Å². The van der Waals surface area contributed by atoms with Crippen LogP contribution in [-0.2, 0) is 14.8 Å². The molecule has 6 nitrogen and oxygen atoms in total. The summed E-state index contributed by atoms with van der Waals surface area (Å²) in [6.07, 6.45) is 2.48. The number of methoxy groups -OCH3 is 1. The second-order valence-electron chi connectivity index (χ2n) is 5.53. The molecule has 1 saturated heterocycles. The number of rotatable bonds is 4. The van der Waals surface area contributed by atoms with Gasteiger partial charge in [0.1, 0.15) is 0 Å². The molecule has 2 rings (SSSR count). The van der Waals surface area contributed by atoms with E-state index in [4.69, 9.17) is 5.73 Å². The highest BCUT2D eigenvalue weighted by atomic mass is 35.5. The lowest BCUT2D eigenvalue weighted by Crippen LogP contribution is -2.51. The summed E-state index contributed by atoms with van der Waals surface area (Å²) in [6, 6.07) is 5.61. The molecule has 0 aliphatic carbocycles. The van der Waals surface area contributed by atoms with Crippen LogP contribution in [0, 0.1) is 0 Å². The van der Waals surface area contributed by atoms with Crippen LogP contribution in [0.15, 0.2) is 29.2 Å². The average molecular weight is 363 g/mol. The van der Waals surface area contributed by atoms with E-state index >= 15 is 0 Å². The first kappa shape index (κ1) is 19.9. The summed E-state index contributed by atoms with van der Waals surface area (Å²) in [7, 11) is -2.56. The van der Waals surface area contributed by atoms with E-state index in [1.807, 2.05) is 6.92 Å². The number of esters is 1. The van der Waals surface area contributed by atoms with Gasteiger partial charge in [0.25, 0.3) is 0 Å². The van der Waals surface area contributed by atoms with Crippen LogP contribution in [0.4, 0.5) is 0 Å². The molecular formula is C15H23ClN2O4S. The Balaban J connectivity index is 0.00000264. The maximum absolute atomic E-state index is 13.0. The van der Waals surface area contributed by atoms with Crippen LogP contribution in [0.2, 0.25) is 0 Å². The number of carbonyl (C=O) groups is 1. The maximum atomic E-state index is 13.0. The molecular weight excluding hydrogens is 340 g/mol. The maximum Gasteiger partial charge on any atom is 0.339 e. The number of sulfonamides is 1. The van der Waals surface area contributed by atoms with Crippen molar-refractivity contribution in [2.24, 2.45) is 5.73 Å². The van der Waals surface area contributed by atoms with Gasteiger partial charge in [0, 0.05) is 18.6 Å². The van der Waals surface area contributed by atoms with Gasteiger partial charge in [0.15, 0.2) is 0 Å². The molecule has 0 spiro atoms. The summed E-state index contributed by atoms with van der Waals surface area (Å²) in [5.74, 6) is -0.659. The Kier molecular flexibility index (Phi) is 7.01. The molecule has 0 bridgehead atoms. The van der Waals surface area contributed by atoms with Gasteiger partial charge in [-0.3, -0.25) is 0 Å². The third-order valence-corrected chi connectivity index (χ3v) is 5.97. The summed E-state index contributed by atoms with van der Waals surface area (Å²) in [6.45, 7) is 2.23. The predicted octanol–water partition coefficient (Wildman–Crippen LogP) is 1.79. The third-order valence-electron chi connectivity index (χ3n) is 3.98. The molecule has 1 aliphatic rings. The molecule has 130 valence electrons. The zero-order chi connectivity index (χ0) is 16.3. The Hall–Kier alpha value is -1.15. The minimum absolute atomic E-state index is 0. The summed E-state index contributed by atoms with van der Waals surface area (Å²) >= 11 is 0. The van der Waals surface area contributed by atoms with Crippen LogP contribution in [-0.4, -0.2) is 44.4 Å². The van der Waals surface area contributed by atoms with Crippen molar-refractivity contribution in [3.63, 3.8) is 0 Å². The van der Waals surface area contributed by atoms with Crippen molar-refractivity contribution >= 4 is 28.4 Å². The largest absolute Gasteiger partial charge is 0.465 e. The Labute approximate surface area is 143 Å². The van der Waals surface area contributed by atoms with Gasteiger partial charge in [-0.05, 0) is 31.9 Å². The van der Waals surface area contributed by atoms with Crippen molar-refractivity contribution in [2.45, 2.75) is 43.2 Å². The zero-order valence-corrected chi connectivity index (χ0v) is 14.9. The van der Waals surface area contributed by atoms with Gasteiger partial charge in [0.05, 0.1) is 17.6 Å². The molecule has 0 radical (unpaired) electrons. The van der Waals surface area contributed by atoms with Crippen molar-refractivity contribution in [2.75, 3.05) is 13.7 Å². The first-order chi connectivity index (χ1) is 10.4. The Morgan fingerprint density at radius 1 is 1.35 bits per heavy atom. The lowest BCUT2D eigenvalue weighted by molar-refractivity contribution is 0.0596. The minimum atomic E-state index is -3.79. The fourth-order valence-electron chi connectivity index (χ4n) is 2.85. The van der Waals surface area contributed by atoms with Crippen molar-refractivity contribution in [1.82, 2.24) is 4.31 Å². The van der Waals surface area contributed by atoms with E-state index < -0.39 is 16.0 Å². The van der Waals surface area contributed by atoms with Gasteiger partial charge in [0.2, 0.25) is 10.0 Å². The van der Waals surface area contributed by atoms with Crippen molar-refractivity contribution in [3.05, 3.63) is 29.8 Å². The quantitative estimate of drug-likeness (QED) is 0.824. The highest BCUT2D eigenvalue weighted by Crippen LogP contribution is 2.28. The number of nitrogens with two attached hydrogens (primary N) is 1. The SMILES string of the molecule is COC(=O)c1ccccc1S(=O)(=O)N1CCCCC1C(C)N.Cl. The van der Waals surface area contributed by atoms with Crippen molar-refractivity contribution < 1.29 is 17.9 Å². The summed E-state index contributed by atoms with van der Waals surface area (Å²) in [4.78, 5) is 11.8. The molecule has 0 aromatic heterocycles. The second kappa shape index (κ2) is 8.10. The lowest BCUT2D eigenvalue weighted by Gasteiger charge is -2.37. The number of carbonyl (C=O) groups excluding carboxylic acids is 1. The molecule has 1 aromatic rings. The normalized spacial score (nSPS) is 20.4. The molecule has 2 atom stereocenters. The zero-order valence-electron chi connectivity index (χ0n) is 13.3. The molecule has 2 N–H and O–H groups in total. The topological polar surface area (TPSA) is 89.7 Å². The molecule has 2 unspecified atom stereocenters. The Bertz CT molecular complexity index is 649. The molecule has 23 heavy (non-hydrogen) atoms. The van der Waals surface area contributed by atoms with Gasteiger partial charge in [-0.15, -0.1) is 12.4 Å². The molecule has 0 saturated carbocycles. The minimum Gasteiger partial charge on any atom is -0.465 e. The number of hydrogen-bond acceptors (Lipinski definition) is 5. The number of nitrogens with zero attached hydrogens (tertiary/aromatic N) is 1. The Morgan fingerprint density at radius 3 is 2.61 bits per heavy atom. The number of halogens is 1. The monoisotopic (exact) mass is 362 g/mol. The Morgan fingerprint density at radius 2 is 2.00 bits per heavy atom. The molecule has 1 heterocycles. The van der Waals surface area contributed by atoms with Crippen LogP contribution < -0.4 is 5.73 Å². The second-order valence-corrected chi connectivity index (χ2v) is 7.38. The fourth-order valence-corrected chi connectivity index (χ4v) is 4.81. The van der Waals surface area contributed by atoms with Crippen LogP contribution in [0.1, 0.15) is 36.5 Å². The van der Waals surface area contributed by atoms with E-state index in [0.29, 0.717) is 6.54 Å². The molecule has 8 heteroatoms. The van der Waals surface area contributed by atoms with E-state index in [1.54, 1.807) is 12.1 Å². The molecule has 0 amide bonds. The van der Waals surface area contributed by atoms with E-state index in [2.05, 4.69) is 4.74 Å². The van der Waals surface area contributed by atoms with Gasteiger partial charge >= 0.3 is 5.97 Å². The number of piperidine rings is 1. The van der Waals surface area contributed by atoms with E-state index in [1.165, 1.54) is 23.5 Å². The number of benzene rings is 1. The summed E-state index contributed by atoms with van der Waals surface area (Å²) in [5, 5.41) is 0. The van der Waals surface area contributed by atoms with Crippen molar-refractivity contribution in [3.8, 4) is 0 Å². The molecule has 1 aliphatic heterocycles. The molecule has 1 fully saturated rings. The predicted molar refractivity (Wildman–Crippen MR) is 90.2 cm³/mol. The first-order valence-corrected chi connectivity index (χ1v) is 8.78.